The molecule has 3 aliphatic rings. The molecule has 1 aliphatic carbocycles. The first-order valence-corrected chi connectivity index (χ1v) is 5.98. The Morgan fingerprint density at radius 3 is 2.86 bits per heavy atom. The maximum atomic E-state index is 10.3. The first-order valence-electron chi connectivity index (χ1n) is 5.19. The summed E-state index contributed by atoms with van der Waals surface area (Å²) in [4.78, 5) is 0. The lowest BCUT2D eigenvalue weighted by atomic mass is 9.80. The second kappa shape index (κ2) is 2.28. The Kier molecular flexibility index (Phi) is 1.53. The minimum Gasteiger partial charge on any atom is -0.391 e. The van der Waals surface area contributed by atoms with Gasteiger partial charge in [0.05, 0.1) is 16.0 Å². The van der Waals surface area contributed by atoms with Gasteiger partial charge in [-0.1, -0.05) is 28.1 Å². The molecule has 0 aromatic heterocycles. The highest BCUT2D eigenvalue weighted by Crippen LogP contribution is 2.62. The summed E-state index contributed by atoms with van der Waals surface area (Å²) in [5.41, 5.74) is -0.587. The zero-order valence-electron chi connectivity index (χ0n) is 8.46. The molecule has 78 valence electrons. The second-order valence-electron chi connectivity index (χ2n) is 5.18. The van der Waals surface area contributed by atoms with Crippen molar-refractivity contribution in [2.75, 3.05) is 0 Å². The van der Waals surface area contributed by atoms with E-state index in [9.17, 15) is 5.11 Å². The second-order valence-corrected chi connectivity index (χ2v) is 6.59. The van der Waals surface area contributed by atoms with E-state index >= 15 is 0 Å². The zero-order valence-corrected chi connectivity index (χ0v) is 10.0. The van der Waals surface area contributed by atoms with Crippen molar-refractivity contribution in [3.05, 3.63) is 12.2 Å². The van der Waals surface area contributed by atoms with Crippen LogP contribution in [-0.4, -0.2) is 26.7 Å². The summed E-state index contributed by atoms with van der Waals surface area (Å²) in [6.07, 6.45) is 5.99. The lowest BCUT2D eigenvalue weighted by Gasteiger charge is -2.49. The molecular formula is C11H15BrO2. The van der Waals surface area contributed by atoms with Crippen LogP contribution in [0.5, 0.6) is 0 Å². The number of hydrogen-bond donors (Lipinski definition) is 1. The minimum absolute atomic E-state index is 0.244. The number of aliphatic hydroxyl groups is 1. The number of hydrogen-bond acceptors (Lipinski definition) is 2. The maximum absolute atomic E-state index is 10.3. The van der Waals surface area contributed by atoms with Crippen molar-refractivity contribution in [3.63, 3.8) is 0 Å². The quantitative estimate of drug-likeness (QED) is 0.532. The number of aliphatic hydroxyl groups excluding tert-OH is 1. The molecule has 0 radical (unpaired) electrons. The Hall–Kier alpha value is 0.140. The molecule has 5 atom stereocenters. The molecule has 2 heterocycles. The SMILES string of the molecule is C[C@]12C=C[C@](C)(O1)[C@@H]1CC[C@@]2(Br)C1O. The van der Waals surface area contributed by atoms with Crippen LogP contribution < -0.4 is 0 Å². The molecule has 2 aliphatic heterocycles. The number of ether oxygens (including phenoxy) is 1. The van der Waals surface area contributed by atoms with Gasteiger partial charge in [0.1, 0.15) is 5.60 Å². The highest BCUT2D eigenvalue weighted by atomic mass is 79.9. The number of halogens is 1. The van der Waals surface area contributed by atoms with Gasteiger partial charge in [-0.3, -0.25) is 0 Å². The van der Waals surface area contributed by atoms with Crippen molar-refractivity contribution in [1.82, 2.24) is 0 Å². The lowest BCUT2D eigenvalue weighted by Crippen LogP contribution is -2.61. The molecule has 3 rings (SSSR count). The Labute approximate surface area is 92.5 Å². The van der Waals surface area contributed by atoms with Crippen molar-refractivity contribution in [2.24, 2.45) is 5.92 Å². The summed E-state index contributed by atoms with van der Waals surface area (Å²) in [5.74, 6) is 0.244. The van der Waals surface area contributed by atoms with Crippen molar-refractivity contribution >= 4 is 15.9 Å². The van der Waals surface area contributed by atoms with E-state index in [-0.39, 0.29) is 27.5 Å². The van der Waals surface area contributed by atoms with E-state index in [1.54, 1.807) is 0 Å². The highest BCUT2D eigenvalue weighted by molar-refractivity contribution is 9.10. The van der Waals surface area contributed by atoms with E-state index < -0.39 is 0 Å². The van der Waals surface area contributed by atoms with Crippen LogP contribution in [0.15, 0.2) is 12.2 Å². The topological polar surface area (TPSA) is 29.5 Å². The Balaban J connectivity index is 2.18. The van der Waals surface area contributed by atoms with Gasteiger partial charge >= 0.3 is 0 Å². The summed E-state index contributed by atoms with van der Waals surface area (Å²) in [7, 11) is 0. The van der Waals surface area contributed by atoms with Crippen LogP contribution in [0.2, 0.25) is 0 Å². The molecule has 0 amide bonds. The average Bonchev–Trinajstić information content (AvgIpc) is 2.53. The fraction of sp³-hybridized carbons (Fsp3) is 0.818. The van der Waals surface area contributed by atoms with Gasteiger partial charge in [0.25, 0.3) is 0 Å². The van der Waals surface area contributed by atoms with E-state index in [2.05, 4.69) is 41.9 Å². The monoisotopic (exact) mass is 258 g/mol. The van der Waals surface area contributed by atoms with Crippen LogP contribution >= 0.6 is 15.9 Å². The average molecular weight is 259 g/mol. The van der Waals surface area contributed by atoms with E-state index in [1.807, 2.05) is 0 Å². The third-order valence-corrected chi connectivity index (χ3v) is 6.05. The molecule has 14 heavy (non-hydrogen) atoms. The minimum atomic E-state index is -0.339. The van der Waals surface area contributed by atoms with Crippen LogP contribution in [0.4, 0.5) is 0 Å². The molecule has 1 N–H and O–H groups in total. The van der Waals surface area contributed by atoms with E-state index in [0.717, 1.165) is 12.8 Å². The highest BCUT2D eigenvalue weighted by Gasteiger charge is 2.68. The van der Waals surface area contributed by atoms with Crippen LogP contribution in [-0.2, 0) is 4.74 Å². The molecule has 0 aromatic carbocycles. The standard InChI is InChI=1S/C11H15BrO2/c1-9-5-6-10(2,14-9)11(12)4-3-7(9)8(11)13/h5-8,13H,3-4H2,1-2H3/t7-,8?,9+,10-,11-/m1/s1. The van der Waals surface area contributed by atoms with E-state index in [1.165, 1.54) is 0 Å². The fourth-order valence-electron chi connectivity index (χ4n) is 3.40. The summed E-state index contributed by atoms with van der Waals surface area (Å²) in [6, 6.07) is 0. The number of fused-ring (bicyclic) bond motifs is 6. The molecule has 0 spiro atoms. The van der Waals surface area contributed by atoms with Crippen molar-refractivity contribution in [3.8, 4) is 0 Å². The predicted molar refractivity (Wildman–Crippen MR) is 57.4 cm³/mol. The molecular weight excluding hydrogens is 244 g/mol. The molecule has 1 unspecified atom stereocenters. The van der Waals surface area contributed by atoms with Crippen molar-refractivity contribution < 1.29 is 9.84 Å². The third-order valence-electron chi connectivity index (χ3n) is 4.39. The van der Waals surface area contributed by atoms with E-state index in [4.69, 9.17) is 4.74 Å². The first-order chi connectivity index (χ1) is 6.41. The van der Waals surface area contributed by atoms with Gasteiger partial charge in [-0.05, 0) is 26.7 Å². The van der Waals surface area contributed by atoms with Crippen LogP contribution in [0, 0.1) is 5.92 Å². The molecule has 0 aromatic rings. The number of rotatable bonds is 0. The van der Waals surface area contributed by atoms with Crippen molar-refractivity contribution in [1.29, 1.82) is 0 Å². The van der Waals surface area contributed by atoms with Gasteiger partial charge in [0.2, 0.25) is 0 Å². The summed E-state index contributed by atoms with van der Waals surface area (Å²) >= 11 is 3.71. The Bertz CT molecular complexity index is 329. The van der Waals surface area contributed by atoms with Gasteiger partial charge in [0, 0.05) is 5.92 Å². The molecule has 1 saturated carbocycles. The van der Waals surface area contributed by atoms with Crippen molar-refractivity contribution in [2.45, 2.75) is 48.3 Å². The normalized spacial score (nSPS) is 64.9. The third kappa shape index (κ3) is 0.773. The molecule has 3 heteroatoms. The zero-order chi connectivity index (χ0) is 10.2. The molecule has 1 saturated heterocycles. The van der Waals surface area contributed by atoms with E-state index in [0.29, 0.717) is 0 Å². The molecule has 2 nitrogen and oxygen atoms in total. The van der Waals surface area contributed by atoms with Crippen LogP contribution in [0.25, 0.3) is 0 Å². The molecule has 2 fully saturated rings. The Morgan fingerprint density at radius 1 is 1.43 bits per heavy atom. The summed E-state index contributed by atoms with van der Waals surface area (Å²) in [5, 5.41) is 10.3. The smallest absolute Gasteiger partial charge is 0.102 e. The van der Waals surface area contributed by atoms with Gasteiger partial charge in [-0.25, -0.2) is 0 Å². The van der Waals surface area contributed by atoms with Gasteiger partial charge in [-0.2, -0.15) is 0 Å². The largest absolute Gasteiger partial charge is 0.391 e. The van der Waals surface area contributed by atoms with Crippen LogP contribution in [0.3, 0.4) is 0 Å². The van der Waals surface area contributed by atoms with Gasteiger partial charge in [0.15, 0.2) is 0 Å². The summed E-state index contributed by atoms with van der Waals surface area (Å²) < 4.78 is 5.85. The molecule has 4 bridgehead atoms. The number of alkyl halides is 1. The fourth-order valence-corrected chi connectivity index (χ4v) is 4.17. The Morgan fingerprint density at radius 2 is 2.14 bits per heavy atom. The lowest BCUT2D eigenvalue weighted by molar-refractivity contribution is -0.176. The first kappa shape index (κ1) is 9.37. The van der Waals surface area contributed by atoms with Crippen LogP contribution in [0.1, 0.15) is 26.7 Å². The predicted octanol–water partition coefficient (Wildman–Crippen LogP) is 2.01. The van der Waals surface area contributed by atoms with Gasteiger partial charge < -0.3 is 9.84 Å². The summed E-state index contributed by atoms with van der Waals surface area (Å²) in [6.45, 7) is 4.15. The maximum Gasteiger partial charge on any atom is 0.102 e. The van der Waals surface area contributed by atoms with Gasteiger partial charge in [-0.15, -0.1) is 0 Å².